The fourth-order valence-corrected chi connectivity index (χ4v) is 5.16. The van der Waals surface area contributed by atoms with Crippen molar-refractivity contribution in [1.29, 1.82) is 0 Å². The zero-order valence-electron chi connectivity index (χ0n) is 11.2. The van der Waals surface area contributed by atoms with Gasteiger partial charge in [-0.2, -0.15) is 4.37 Å². The van der Waals surface area contributed by atoms with Crippen molar-refractivity contribution in [3.63, 3.8) is 0 Å². The third-order valence-corrected chi connectivity index (χ3v) is 6.41. The molecular formula is C12H21N3O2S2. The molecule has 1 aromatic rings. The summed E-state index contributed by atoms with van der Waals surface area (Å²) in [6.07, 6.45) is 5.58. The minimum absolute atomic E-state index is 0.119. The van der Waals surface area contributed by atoms with E-state index in [1.165, 1.54) is 25.7 Å². The van der Waals surface area contributed by atoms with E-state index >= 15 is 0 Å². The second-order valence-electron chi connectivity index (χ2n) is 5.08. The molecule has 0 bridgehead atoms. The highest BCUT2D eigenvalue weighted by Gasteiger charge is 2.25. The Morgan fingerprint density at radius 1 is 1.42 bits per heavy atom. The van der Waals surface area contributed by atoms with Gasteiger partial charge < -0.3 is 11.1 Å². The maximum atomic E-state index is 12.2. The summed E-state index contributed by atoms with van der Waals surface area (Å²) in [7, 11) is -3.31. The normalized spacial score (nSPS) is 16.9. The van der Waals surface area contributed by atoms with Crippen LogP contribution in [-0.4, -0.2) is 25.1 Å². The zero-order valence-corrected chi connectivity index (χ0v) is 12.8. The third kappa shape index (κ3) is 3.39. The lowest BCUT2D eigenvalue weighted by Crippen LogP contribution is -2.14. The first-order valence-electron chi connectivity index (χ1n) is 6.76. The van der Waals surface area contributed by atoms with Crippen molar-refractivity contribution in [3.8, 4) is 0 Å². The number of hydrogen-bond acceptors (Lipinski definition) is 6. The van der Waals surface area contributed by atoms with Crippen LogP contribution in [0.15, 0.2) is 4.90 Å². The Bertz CT molecular complexity index is 519. The number of nitrogens with zero attached hydrogens (tertiary/aromatic N) is 1. The average Bonchev–Trinajstić information content (AvgIpc) is 2.95. The van der Waals surface area contributed by atoms with Crippen molar-refractivity contribution in [1.82, 2.24) is 4.37 Å². The zero-order chi connectivity index (χ0) is 13.9. The Morgan fingerprint density at radius 2 is 2.11 bits per heavy atom. The van der Waals surface area contributed by atoms with Crippen molar-refractivity contribution in [2.45, 2.75) is 43.9 Å². The van der Waals surface area contributed by atoms with Gasteiger partial charge in [0.15, 0.2) is 15.7 Å². The molecule has 0 radical (unpaired) electrons. The number of hydrogen-bond donors (Lipinski definition) is 2. The largest absolute Gasteiger partial charge is 0.382 e. The van der Waals surface area contributed by atoms with Crippen LogP contribution in [0, 0.1) is 5.92 Å². The molecule has 1 heterocycles. The van der Waals surface area contributed by atoms with E-state index in [4.69, 9.17) is 5.73 Å². The average molecular weight is 303 g/mol. The van der Waals surface area contributed by atoms with Gasteiger partial charge in [-0.1, -0.05) is 19.8 Å². The number of nitrogens with one attached hydrogen (secondary N) is 1. The third-order valence-electron chi connectivity index (χ3n) is 3.48. The quantitative estimate of drug-likeness (QED) is 0.843. The number of anilines is 2. The van der Waals surface area contributed by atoms with Gasteiger partial charge >= 0.3 is 0 Å². The smallest absolute Gasteiger partial charge is 0.185 e. The van der Waals surface area contributed by atoms with Crippen LogP contribution >= 0.6 is 11.5 Å². The highest BCUT2D eigenvalue weighted by Crippen LogP contribution is 2.33. The summed E-state index contributed by atoms with van der Waals surface area (Å²) in [4.78, 5) is 0.206. The van der Waals surface area contributed by atoms with E-state index in [9.17, 15) is 8.42 Å². The number of nitrogens with two attached hydrogens (primary N) is 1. The van der Waals surface area contributed by atoms with E-state index in [1.54, 1.807) is 0 Å². The molecule has 0 amide bonds. The second kappa shape index (κ2) is 6.09. The van der Waals surface area contributed by atoms with Crippen molar-refractivity contribution in [3.05, 3.63) is 0 Å². The first-order chi connectivity index (χ1) is 9.04. The maximum absolute atomic E-state index is 12.2. The Kier molecular flexibility index (Phi) is 4.67. The van der Waals surface area contributed by atoms with E-state index in [-0.39, 0.29) is 16.5 Å². The lowest BCUT2D eigenvalue weighted by molar-refractivity contribution is 0.578. The van der Waals surface area contributed by atoms with Gasteiger partial charge in [0, 0.05) is 6.54 Å². The van der Waals surface area contributed by atoms with Gasteiger partial charge in [0.05, 0.1) is 5.75 Å². The Labute approximate surface area is 118 Å². The van der Waals surface area contributed by atoms with Gasteiger partial charge in [0.2, 0.25) is 0 Å². The summed E-state index contributed by atoms with van der Waals surface area (Å²) >= 11 is 1.15. The van der Waals surface area contributed by atoms with Crippen LogP contribution in [0.1, 0.15) is 39.0 Å². The first-order valence-corrected chi connectivity index (χ1v) is 9.19. The molecule has 7 heteroatoms. The van der Waals surface area contributed by atoms with Crippen LogP contribution < -0.4 is 11.1 Å². The van der Waals surface area contributed by atoms with Gasteiger partial charge in [-0.05, 0) is 36.7 Å². The van der Waals surface area contributed by atoms with Gasteiger partial charge in [0.25, 0.3) is 0 Å². The van der Waals surface area contributed by atoms with E-state index in [1.807, 2.05) is 6.92 Å². The summed E-state index contributed by atoms with van der Waals surface area (Å²) in [6.45, 7) is 2.66. The van der Waals surface area contributed by atoms with Crippen molar-refractivity contribution < 1.29 is 8.42 Å². The lowest BCUT2D eigenvalue weighted by Gasteiger charge is -2.11. The molecule has 0 spiro atoms. The summed E-state index contributed by atoms with van der Waals surface area (Å²) < 4.78 is 28.3. The Balaban J connectivity index is 2.12. The standard InChI is InChI=1S/C12H21N3O2S2/c1-2-7-19(16,17)10-11(13)15-18-12(10)14-8-9-5-3-4-6-9/h9,14H,2-8H2,1H3,(H2,13,15). The van der Waals surface area contributed by atoms with Crippen LogP contribution in [0.25, 0.3) is 0 Å². The highest BCUT2D eigenvalue weighted by atomic mass is 32.2. The molecule has 1 aliphatic rings. The van der Waals surface area contributed by atoms with Crippen LogP contribution in [0.3, 0.4) is 0 Å². The molecule has 0 aromatic carbocycles. The molecule has 3 N–H and O–H groups in total. The van der Waals surface area contributed by atoms with Crippen molar-refractivity contribution in [2.75, 3.05) is 23.3 Å². The maximum Gasteiger partial charge on any atom is 0.185 e. The fraction of sp³-hybridized carbons (Fsp3) is 0.750. The molecule has 1 fully saturated rings. The molecule has 108 valence electrons. The van der Waals surface area contributed by atoms with Crippen LogP contribution in [0.4, 0.5) is 10.8 Å². The molecule has 0 atom stereocenters. The topological polar surface area (TPSA) is 85.1 Å². The molecule has 19 heavy (non-hydrogen) atoms. The molecular weight excluding hydrogens is 282 g/mol. The van der Waals surface area contributed by atoms with Crippen LogP contribution in [0.5, 0.6) is 0 Å². The Hall–Kier alpha value is -0.820. The number of nitrogen functional groups attached to an aromatic ring is 1. The van der Waals surface area contributed by atoms with Crippen molar-refractivity contribution in [2.24, 2.45) is 5.92 Å². The van der Waals surface area contributed by atoms with E-state index in [2.05, 4.69) is 9.69 Å². The first kappa shape index (κ1) is 14.6. The van der Waals surface area contributed by atoms with Crippen molar-refractivity contribution >= 4 is 32.2 Å². The summed E-state index contributed by atoms with van der Waals surface area (Å²) in [5, 5.41) is 3.85. The molecule has 1 aromatic heterocycles. The molecule has 1 saturated carbocycles. The van der Waals surface area contributed by atoms with Gasteiger partial charge in [-0.15, -0.1) is 0 Å². The van der Waals surface area contributed by atoms with E-state index in [0.717, 1.165) is 18.1 Å². The number of sulfone groups is 1. The van der Waals surface area contributed by atoms with E-state index < -0.39 is 9.84 Å². The SMILES string of the molecule is CCCS(=O)(=O)c1c(N)nsc1NCC1CCCC1. The van der Waals surface area contributed by atoms with Gasteiger partial charge in [0.1, 0.15) is 9.90 Å². The van der Waals surface area contributed by atoms with Gasteiger partial charge in [-0.3, -0.25) is 0 Å². The highest BCUT2D eigenvalue weighted by molar-refractivity contribution is 7.91. The summed E-state index contributed by atoms with van der Waals surface area (Å²) in [5.74, 6) is 0.894. The van der Waals surface area contributed by atoms with E-state index in [0.29, 0.717) is 17.3 Å². The molecule has 0 aliphatic heterocycles. The molecule has 2 rings (SSSR count). The van der Waals surface area contributed by atoms with Crippen LogP contribution in [-0.2, 0) is 9.84 Å². The van der Waals surface area contributed by atoms with Gasteiger partial charge in [-0.25, -0.2) is 8.42 Å². The number of rotatable bonds is 6. The minimum Gasteiger partial charge on any atom is -0.382 e. The fourth-order valence-electron chi connectivity index (χ4n) is 2.53. The Morgan fingerprint density at radius 3 is 2.74 bits per heavy atom. The molecule has 0 unspecified atom stereocenters. The monoisotopic (exact) mass is 303 g/mol. The summed E-state index contributed by atoms with van der Waals surface area (Å²) in [5.41, 5.74) is 5.72. The molecule has 0 saturated heterocycles. The molecule has 5 nitrogen and oxygen atoms in total. The summed E-state index contributed by atoms with van der Waals surface area (Å²) in [6, 6.07) is 0. The van der Waals surface area contributed by atoms with Crippen LogP contribution in [0.2, 0.25) is 0 Å². The number of aromatic nitrogens is 1. The molecule has 1 aliphatic carbocycles. The predicted molar refractivity (Wildman–Crippen MR) is 79.3 cm³/mol. The second-order valence-corrected chi connectivity index (χ2v) is 7.90. The minimum atomic E-state index is -3.31. The lowest BCUT2D eigenvalue weighted by atomic mass is 10.1. The predicted octanol–water partition coefficient (Wildman–Crippen LogP) is 2.51.